The molecule has 1 aromatic rings. The van der Waals surface area contributed by atoms with Gasteiger partial charge in [-0.2, -0.15) is 0 Å². The standard InChI is InChI=1S/C15H21IN2O3/c1-15(2,3)21-14(19)18-8-6-11(9-18)10-20-13-12(16)5-4-7-17-13/h4-5,7,11H,6,8-10H2,1-3H3/t11-/m1/s1. The molecule has 0 aromatic carbocycles. The molecule has 5 nitrogen and oxygen atoms in total. The predicted octanol–water partition coefficient (Wildman–Crippen LogP) is 3.32. The lowest BCUT2D eigenvalue weighted by Crippen LogP contribution is -2.35. The van der Waals surface area contributed by atoms with Crippen LogP contribution in [0.15, 0.2) is 18.3 Å². The summed E-state index contributed by atoms with van der Waals surface area (Å²) in [6.07, 6.45) is 2.42. The molecule has 6 heteroatoms. The minimum Gasteiger partial charge on any atom is -0.477 e. The van der Waals surface area contributed by atoms with Crippen molar-refractivity contribution in [2.75, 3.05) is 19.7 Å². The van der Waals surface area contributed by atoms with E-state index in [1.165, 1.54) is 0 Å². The lowest BCUT2D eigenvalue weighted by Gasteiger charge is -2.24. The molecule has 1 atom stereocenters. The van der Waals surface area contributed by atoms with E-state index < -0.39 is 5.60 Å². The molecule has 21 heavy (non-hydrogen) atoms. The van der Waals surface area contributed by atoms with Crippen molar-refractivity contribution in [2.45, 2.75) is 32.8 Å². The molecule has 1 aliphatic rings. The highest BCUT2D eigenvalue weighted by molar-refractivity contribution is 14.1. The summed E-state index contributed by atoms with van der Waals surface area (Å²) in [7, 11) is 0. The van der Waals surface area contributed by atoms with Crippen molar-refractivity contribution >= 4 is 28.7 Å². The van der Waals surface area contributed by atoms with Crippen LogP contribution >= 0.6 is 22.6 Å². The summed E-state index contributed by atoms with van der Waals surface area (Å²) in [5, 5.41) is 0. The van der Waals surface area contributed by atoms with Crippen molar-refractivity contribution in [1.82, 2.24) is 9.88 Å². The second-order valence-corrected chi connectivity index (χ2v) is 7.34. The fraction of sp³-hybridized carbons (Fsp3) is 0.600. The maximum Gasteiger partial charge on any atom is 0.410 e. The summed E-state index contributed by atoms with van der Waals surface area (Å²) in [5.41, 5.74) is -0.449. The van der Waals surface area contributed by atoms with Crippen LogP contribution in [0.25, 0.3) is 0 Å². The van der Waals surface area contributed by atoms with Crippen LogP contribution in [-0.4, -0.2) is 41.3 Å². The lowest BCUT2D eigenvalue weighted by molar-refractivity contribution is 0.0284. The molecule has 2 rings (SSSR count). The molecule has 1 fully saturated rings. The molecule has 0 saturated carbocycles. The second-order valence-electron chi connectivity index (χ2n) is 6.18. The fourth-order valence-corrected chi connectivity index (χ4v) is 2.64. The van der Waals surface area contributed by atoms with E-state index in [2.05, 4.69) is 27.6 Å². The largest absolute Gasteiger partial charge is 0.477 e. The highest BCUT2D eigenvalue weighted by atomic mass is 127. The van der Waals surface area contributed by atoms with E-state index in [4.69, 9.17) is 9.47 Å². The van der Waals surface area contributed by atoms with E-state index in [0.717, 1.165) is 16.5 Å². The van der Waals surface area contributed by atoms with E-state index in [1.807, 2.05) is 32.9 Å². The molecule has 0 radical (unpaired) electrons. The van der Waals surface area contributed by atoms with E-state index >= 15 is 0 Å². The number of rotatable bonds is 3. The molecule has 1 saturated heterocycles. The molecule has 116 valence electrons. The molecule has 1 aliphatic heterocycles. The zero-order valence-corrected chi connectivity index (χ0v) is 14.8. The average molecular weight is 404 g/mol. The molecule has 0 spiro atoms. The summed E-state index contributed by atoms with van der Waals surface area (Å²) in [5.74, 6) is 0.990. The van der Waals surface area contributed by atoms with Crippen molar-refractivity contribution in [3.05, 3.63) is 21.9 Å². The van der Waals surface area contributed by atoms with Crippen LogP contribution < -0.4 is 4.74 Å². The number of nitrogens with zero attached hydrogens (tertiary/aromatic N) is 2. The number of hydrogen-bond donors (Lipinski definition) is 0. The van der Waals surface area contributed by atoms with Gasteiger partial charge in [-0.25, -0.2) is 9.78 Å². The Morgan fingerprint density at radius 3 is 2.95 bits per heavy atom. The summed E-state index contributed by atoms with van der Waals surface area (Å²) in [6.45, 7) is 7.62. The van der Waals surface area contributed by atoms with Crippen LogP contribution in [0.5, 0.6) is 5.88 Å². The van der Waals surface area contributed by atoms with E-state index in [1.54, 1.807) is 11.1 Å². The van der Waals surface area contributed by atoms with Crippen LogP contribution in [0.4, 0.5) is 4.79 Å². The Kier molecular flexibility index (Phi) is 5.29. The first-order valence-corrected chi connectivity index (χ1v) is 8.14. The van der Waals surface area contributed by atoms with Crippen LogP contribution in [-0.2, 0) is 4.74 Å². The normalized spacial score (nSPS) is 18.7. The molecule has 1 amide bonds. The molecular weight excluding hydrogens is 383 g/mol. The Morgan fingerprint density at radius 1 is 1.52 bits per heavy atom. The van der Waals surface area contributed by atoms with Gasteiger partial charge in [0.25, 0.3) is 0 Å². The van der Waals surface area contributed by atoms with Crippen LogP contribution in [0.3, 0.4) is 0 Å². The molecule has 0 N–H and O–H groups in total. The zero-order chi connectivity index (χ0) is 15.5. The smallest absolute Gasteiger partial charge is 0.410 e. The van der Waals surface area contributed by atoms with Gasteiger partial charge in [-0.3, -0.25) is 0 Å². The summed E-state index contributed by atoms with van der Waals surface area (Å²) in [4.78, 5) is 17.9. The first-order chi connectivity index (χ1) is 9.85. The van der Waals surface area contributed by atoms with Gasteiger partial charge in [-0.1, -0.05) is 0 Å². The molecule has 1 aromatic heterocycles. The third-order valence-corrected chi connectivity index (χ3v) is 3.94. The second kappa shape index (κ2) is 6.81. The first-order valence-electron chi connectivity index (χ1n) is 7.06. The molecule has 0 aliphatic carbocycles. The van der Waals surface area contributed by atoms with Crippen molar-refractivity contribution in [3.8, 4) is 5.88 Å². The van der Waals surface area contributed by atoms with Gasteiger partial charge in [0.15, 0.2) is 0 Å². The van der Waals surface area contributed by atoms with E-state index in [0.29, 0.717) is 24.9 Å². The highest BCUT2D eigenvalue weighted by Crippen LogP contribution is 2.22. The molecule has 0 unspecified atom stereocenters. The third kappa shape index (κ3) is 5.01. The maximum atomic E-state index is 12.0. The Morgan fingerprint density at radius 2 is 2.29 bits per heavy atom. The van der Waals surface area contributed by atoms with Crippen LogP contribution in [0.2, 0.25) is 0 Å². The predicted molar refractivity (Wildman–Crippen MR) is 88.4 cm³/mol. The topological polar surface area (TPSA) is 51.7 Å². The zero-order valence-electron chi connectivity index (χ0n) is 12.6. The van der Waals surface area contributed by atoms with Crippen LogP contribution in [0, 0.1) is 9.49 Å². The van der Waals surface area contributed by atoms with Crippen molar-refractivity contribution in [2.24, 2.45) is 5.92 Å². The van der Waals surface area contributed by atoms with E-state index in [9.17, 15) is 4.79 Å². The van der Waals surface area contributed by atoms with Gasteiger partial charge in [0.2, 0.25) is 5.88 Å². The molecule has 2 heterocycles. The number of hydrogen-bond acceptors (Lipinski definition) is 4. The maximum absolute atomic E-state index is 12.0. The minimum absolute atomic E-state index is 0.239. The number of ether oxygens (including phenoxy) is 2. The third-order valence-electron chi connectivity index (χ3n) is 3.12. The minimum atomic E-state index is -0.449. The summed E-state index contributed by atoms with van der Waals surface area (Å²) >= 11 is 2.20. The highest BCUT2D eigenvalue weighted by Gasteiger charge is 2.30. The quantitative estimate of drug-likeness (QED) is 0.726. The number of pyridine rings is 1. The van der Waals surface area contributed by atoms with Crippen molar-refractivity contribution < 1.29 is 14.3 Å². The van der Waals surface area contributed by atoms with Gasteiger partial charge >= 0.3 is 6.09 Å². The Labute approximate surface area is 139 Å². The molecular formula is C15H21IN2O3. The number of amides is 1. The summed E-state index contributed by atoms with van der Waals surface area (Å²) < 4.78 is 12.1. The van der Waals surface area contributed by atoms with Gasteiger partial charge < -0.3 is 14.4 Å². The monoisotopic (exact) mass is 404 g/mol. The van der Waals surface area contributed by atoms with Gasteiger partial charge in [0.1, 0.15) is 5.60 Å². The Balaban J connectivity index is 1.80. The number of halogens is 1. The number of carbonyl (C=O) groups excluding carboxylic acids is 1. The SMILES string of the molecule is CC(C)(C)OC(=O)N1CC[C@@H](COc2ncccc2I)C1. The Hall–Kier alpha value is -1.05. The lowest BCUT2D eigenvalue weighted by atomic mass is 10.1. The number of carbonyl (C=O) groups is 1. The van der Waals surface area contributed by atoms with Crippen molar-refractivity contribution in [3.63, 3.8) is 0 Å². The fourth-order valence-electron chi connectivity index (χ4n) is 2.14. The van der Waals surface area contributed by atoms with Gasteiger partial charge in [-0.15, -0.1) is 0 Å². The van der Waals surface area contributed by atoms with Gasteiger partial charge in [0, 0.05) is 25.2 Å². The average Bonchev–Trinajstić information content (AvgIpc) is 2.85. The van der Waals surface area contributed by atoms with E-state index in [-0.39, 0.29) is 6.09 Å². The number of likely N-dealkylation sites (tertiary alicyclic amines) is 1. The Bertz CT molecular complexity index is 502. The number of aromatic nitrogens is 1. The van der Waals surface area contributed by atoms with Crippen molar-refractivity contribution in [1.29, 1.82) is 0 Å². The van der Waals surface area contributed by atoms with Crippen LogP contribution in [0.1, 0.15) is 27.2 Å². The van der Waals surface area contributed by atoms with Gasteiger partial charge in [0.05, 0.1) is 10.2 Å². The summed E-state index contributed by atoms with van der Waals surface area (Å²) in [6, 6.07) is 3.85. The first kappa shape index (κ1) is 16.3. The molecule has 0 bridgehead atoms. The van der Waals surface area contributed by atoms with Gasteiger partial charge in [-0.05, 0) is 61.9 Å².